The van der Waals surface area contributed by atoms with Gasteiger partial charge in [-0.2, -0.15) is 0 Å². The molecule has 0 aromatic heterocycles. The van der Waals surface area contributed by atoms with Crippen molar-refractivity contribution in [1.82, 2.24) is 0 Å². The largest absolute Gasteiger partial charge is 0.0843 e. The van der Waals surface area contributed by atoms with Gasteiger partial charge in [-0.05, 0) is 55.2 Å². The van der Waals surface area contributed by atoms with Crippen LogP contribution in [0.2, 0.25) is 0 Å². The van der Waals surface area contributed by atoms with Gasteiger partial charge in [0, 0.05) is 0 Å². The highest BCUT2D eigenvalue weighted by atomic mass is 14.2. The average Bonchev–Trinajstić information content (AvgIpc) is 2.71. The molecule has 0 saturated heterocycles. The third-order valence-electron chi connectivity index (χ3n) is 3.29. The van der Waals surface area contributed by atoms with Gasteiger partial charge < -0.3 is 0 Å². The molecule has 0 fully saturated rings. The third-order valence-corrected chi connectivity index (χ3v) is 3.29. The van der Waals surface area contributed by atoms with Crippen LogP contribution in [-0.4, -0.2) is 0 Å². The summed E-state index contributed by atoms with van der Waals surface area (Å²) < 4.78 is 0. The lowest BCUT2D eigenvalue weighted by atomic mass is 9.90. The fourth-order valence-electron chi connectivity index (χ4n) is 2.42. The summed E-state index contributed by atoms with van der Waals surface area (Å²) in [6, 6.07) is 0. The molecule has 0 aliphatic heterocycles. The Labute approximate surface area is 93.1 Å². The summed E-state index contributed by atoms with van der Waals surface area (Å²) >= 11 is 0. The molecule has 0 atom stereocenters. The lowest BCUT2D eigenvalue weighted by Gasteiger charge is -2.15. The van der Waals surface area contributed by atoms with E-state index in [4.69, 9.17) is 0 Å². The summed E-state index contributed by atoms with van der Waals surface area (Å²) in [7, 11) is 0. The fraction of sp³-hybridized carbons (Fsp3) is 0.467. The van der Waals surface area contributed by atoms with E-state index >= 15 is 0 Å². The Balaban J connectivity index is 2.27. The molecule has 80 valence electrons. The zero-order chi connectivity index (χ0) is 10.5. The predicted molar refractivity (Wildman–Crippen MR) is 66.8 cm³/mol. The first-order valence-corrected chi connectivity index (χ1v) is 6.16. The van der Waals surface area contributed by atoms with Crippen molar-refractivity contribution in [2.24, 2.45) is 0 Å². The van der Waals surface area contributed by atoms with E-state index in [1.54, 1.807) is 16.7 Å². The van der Waals surface area contributed by atoms with Crippen molar-refractivity contribution in [2.45, 2.75) is 45.4 Å². The quantitative estimate of drug-likeness (QED) is 0.605. The molecule has 0 bridgehead atoms. The summed E-state index contributed by atoms with van der Waals surface area (Å²) in [5, 5.41) is 0. The summed E-state index contributed by atoms with van der Waals surface area (Å²) in [6.45, 7) is 2.27. The molecule has 0 amide bonds. The SMILES string of the molecule is CCC1=C(C2=CC=CC2)CCCCC=C1. The first-order valence-electron chi connectivity index (χ1n) is 6.16. The number of allylic oxidation sites excluding steroid dienone is 8. The molecule has 0 aromatic rings. The molecule has 0 heteroatoms. The maximum atomic E-state index is 2.35. The molecular weight excluding hydrogens is 180 g/mol. The van der Waals surface area contributed by atoms with E-state index in [1.807, 2.05) is 0 Å². The second-order valence-corrected chi connectivity index (χ2v) is 4.33. The summed E-state index contributed by atoms with van der Waals surface area (Å²) in [5.41, 5.74) is 4.74. The topological polar surface area (TPSA) is 0 Å². The first kappa shape index (κ1) is 10.5. The smallest absolute Gasteiger partial charge is 0.00915 e. The number of hydrogen-bond donors (Lipinski definition) is 0. The molecule has 2 aliphatic rings. The molecule has 0 N–H and O–H groups in total. The highest BCUT2D eigenvalue weighted by Crippen LogP contribution is 2.30. The molecular formula is C15H20. The van der Waals surface area contributed by atoms with Crippen LogP contribution in [0.25, 0.3) is 0 Å². The highest BCUT2D eigenvalue weighted by molar-refractivity contribution is 5.45. The minimum Gasteiger partial charge on any atom is -0.0843 e. The molecule has 2 aliphatic carbocycles. The molecule has 0 heterocycles. The summed E-state index contributed by atoms with van der Waals surface area (Å²) in [4.78, 5) is 0. The van der Waals surface area contributed by atoms with Crippen LogP contribution in [0.3, 0.4) is 0 Å². The monoisotopic (exact) mass is 200 g/mol. The van der Waals surface area contributed by atoms with Crippen molar-refractivity contribution >= 4 is 0 Å². The van der Waals surface area contributed by atoms with Gasteiger partial charge in [-0.3, -0.25) is 0 Å². The second-order valence-electron chi connectivity index (χ2n) is 4.33. The fourth-order valence-corrected chi connectivity index (χ4v) is 2.42. The Hall–Kier alpha value is -1.04. The molecule has 2 rings (SSSR count). The minimum absolute atomic E-state index is 1.15. The molecule has 0 spiro atoms. The normalized spacial score (nSPS) is 21.5. The van der Waals surface area contributed by atoms with E-state index in [9.17, 15) is 0 Å². The maximum Gasteiger partial charge on any atom is -0.00915 e. The van der Waals surface area contributed by atoms with E-state index in [0.717, 1.165) is 6.42 Å². The third kappa shape index (κ3) is 2.50. The van der Waals surface area contributed by atoms with Crippen molar-refractivity contribution in [3.8, 4) is 0 Å². The van der Waals surface area contributed by atoms with Crippen LogP contribution in [0.1, 0.15) is 45.4 Å². The standard InChI is InChI=1S/C15H20/c1-2-13-9-5-3-4-6-12-15(13)14-10-7-8-11-14/h5,7-10H,2-4,6,11-12H2,1H3. The Bertz CT molecular complexity index is 337. The van der Waals surface area contributed by atoms with Gasteiger partial charge in [0.25, 0.3) is 0 Å². The number of rotatable bonds is 2. The van der Waals surface area contributed by atoms with Crippen molar-refractivity contribution in [1.29, 1.82) is 0 Å². The van der Waals surface area contributed by atoms with Crippen molar-refractivity contribution in [3.05, 3.63) is 47.1 Å². The molecule has 0 aromatic carbocycles. The van der Waals surface area contributed by atoms with Gasteiger partial charge in [0.05, 0.1) is 0 Å². The lowest BCUT2D eigenvalue weighted by molar-refractivity contribution is 0.731. The van der Waals surface area contributed by atoms with E-state index < -0.39 is 0 Å². The summed E-state index contributed by atoms with van der Waals surface area (Å²) in [6.07, 6.45) is 19.0. The van der Waals surface area contributed by atoms with Gasteiger partial charge in [0.1, 0.15) is 0 Å². The van der Waals surface area contributed by atoms with Gasteiger partial charge in [0.15, 0.2) is 0 Å². The van der Waals surface area contributed by atoms with Crippen LogP contribution in [-0.2, 0) is 0 Å². The van der Waals surface area contributed by atoms with Gasteiger partial charge in [-0.15, -0.1) is 0 Å². The summed E-state index contributed by atoms with van der Waals surface area (Å²) in [5.74, 6) is 0. The van der Waals surface area contributed by atoms with E-state index in [-0.39, 0.29) is 0 Å². The van der Waals surface area contributed by atoms with Crippen LogP contribution >= 0.6 is 0 Å². The Morgan fingerprint density at radius 3 is 2.87 bits per heavy atom. The van der Waals surface area contributed by atoms with Gasteiger partial charge in [-0.25, -0.2) is 0 Å². The highest BCUT2D eigenvalue weighted by Gasteiger charge is 2.11. The van der Waals surface area contributed by atoms with E-state index in [1.165, 1.54) is 32.1 Å². The van der Waals surface area contributed by atoms with Crippen molar-refractivity contribution in [3.63, 3.8) is 0 Å². The van der Waals surface area contributed by atoms with Crippen LogP contribution in [0.4, 0.5) is 0 Å². The average molecular weight is 200 g/mol. The Morgan fingerprint density at radius 2 is 2.13 bits per heavy atom. The Morgan fingerprint density at radius 1 is 1.20 bits per heavy atom. The molecule has 0 unspecified atom stereocenters. The van der Waals surface area contributed by atoms with E-state index in [2.05, 4.69) is 37.3 Å². The zero-order valence-corrected chi connectivity index (χ0v) is 9.63. The second kappa shape index (κ2) is 5.16. The first-order chi connectivity index (χ1) is 7.42. The molecule has 0 radical (unpaired) electrons. The van der Waals surface area contributed by atoms with Gasteiger partial charge in [-0.1, -0.05) is 37.3 Å². The van der Waals surface area contributed by atoms with Crippen LogP contribution in [0.5, 0.6) is 0 Å². The van der Waals surface area contributed by atoms with Crippen LogP contribution in [0, 0.1) is 0 Å². The van der Waals surface area contributed by atoms with Crippen molar-refractivity contribution in [2.75, 3.05) is 0 Å². The van der Waals surface area contributed by atoms with Crippen LogP contribution in [0.15, 0.2) is 47.1 Å². The molecule has 15 heavy (non-hydrogen) atoms. The minimum atomic E-state index is 1.15. The van der Waals surface area contributed by atoms with E-state index in [0.29, 0.717) is 0 Å². The molecule has 0 saturated carbocycles. The lowest BCUT2D eigenvalue weighted by Crippen LogP contribution is -1.96. The maximum absolute atomic E-state index is 2.35. The molecule has 0 nitrogen and oxygen atoms in total. The number of hydrogen-bond acceptors (Lipinski definition) is 0. The predicted octanol–water partition coefficient (Wildman–Crippen LogP) is 4.71. The Kier molecular flexibility index (Phi) is 3.60. The van der Waals surface area contributed by atoms with Crippen molar-refractivity contribution < 1.29 is 0 Å². The zero-order valence-electron chi connectivity index (χ0n) is 9.63. The van der Waals surface area contributed by atoms with Crippen LogP contribution < -0.4 is 0 Å². The van der Waals surface area contributed by atoms with Gasteiger partial charge >= 0.3 is 0 Å². The van der Waals surface area contributed by atoms with Gasteiger partial charge in [0.2, 0.25) is 0 Å².